The first-order chi connectivity index (χ1) is 21.7. The molecule has 0 saturated carbocycles. The molecule has 44 heavy (non-hydrogen) atoms. The zero-order chi connectivity index (χ0) is 29.6. The van der Waals surface area contributed by atoms with Crippen molar-refractivity contribution in [3.05, 3.63) is 132 Å². The number of nitrogens with zero attached hydrogens (tertiary/aromatic N) is 2. The molecule has 0 spiro atoms. The van der Waals surface area contributed by atoms with Gasteiger partial charge in [-0.2, -0.15) is 0 Å². The minimum Gasteiger partial charge on any atom is -0.381 e. The van der Waals surface area contributed by atoms with Crippen molar-refractivity contribution in [1.29, 1.82) is 0 Å². The number of benzene rings is 4. The second-order valence-electron chi connectivity index (χ2n) is 11.4. The van der Waals surface area contributed by atoms with E-state index in [1.165, 1.54) is 57.0 Å². The summed E-state index contributed by atoms with van der Waals surface area (Å²) in [5.74, 6) is 0. The molecule has 3 nitrogen and oxygen atoms in total. The molecule has 1 saturated heterocycles. The number of alkyl halides is 2. The molecule has 6 aromatic rings. The highest BCUT2D eigenvalue weighted by atomic mass is 79.9. The van der Waals surface area contributed by atoms with Crippen LogP contribution in [0.25, 0.3) is 44.1 Å². The lowest BCUT2D eigenvalue weighted by molar-refractivity contribution is 0.198. The molecule has 3 aliphatic heterocycles. The van der Waals surface area contributed by atoms with E-state index in [-0.39, 0.29) is 20.2 Å². The Labute approximate surface area is 278 Å². The lowest BCUT2D eigenvalue weighted by atomic mass is 9.83. The Bertz CT molecular complexity index is 1830. The van der Waals surface area contributed by atoms with Crippen molar-refractivity contribution >= 4 is 65.4 Å². The second kappa shape index (κ2) is 12.1. The maximum Gasteiger partial charge on any atom is 0.0712 e. The van der Waals surface area contributed by atoms with Crippen molar-refractivity contribution in [1.82, 2.24) is 9.97 Å². The summed E-state index contributed by atoms with van der Waals surface area (Å²) in [6.07, 6.45) is 2.56. The van der Waals surface area contributed by atoms with Crippen LogP contribution in [0, 0.1) is 0 Å². The highest BCUT2D eigenvalue weighted by Crippen LogP contribution is 2.68. The summed E-state index contributed by atoms with van der Waals surface area (Å²) < 4.78 is 4.94. The van der Waals surface area contributed by atoms with Gasteiger partial charge in [0.2, 0.25) is 0 Å². The first-order valence-electron chi connectivity index (χ1n) is 15.2. The number of para-hydroxylation sites is 2. The van der Waals surface area contributed by atoms with E-state index in [4.69, 9.17) is 14.7 Å². The number of hydrogen-bond acceptors (Lipinski definition) is 4. The highest BCUT2D eigenvalue weighted by molar-refractivity contribution is 9.09. The molecule has 5 heterocycles. The topological polar surface area (TPSA) is 35.0 Å². The maximum absolute atomic E-state index is 5.36. The largest absolute Gasteiger partial charge is 0.381 e. The lowest BCUT2D eigenvalue weighted by Gasteiger charge is -2.43. The van der Waals surface area contributed by atoms with Crippen molar-refractivity contribution < 1.29 is 4.74 Å². The molecular weight excluding hydrogens is 692 g/mol. The van der Waals surface area contributed by atoms with Gasteiger partial charge in [0.1, 0.15) is 0 Å². The minimum absolute atomic E-state index is 0.0668. The van der Waals surface area contributed by atoms with Gasteiger partial charge >= 0.3 is 0 Å². The van der Waals surface area contributed by atoms with Gasteiger partial charge in [-0.15, -0.1) is 11.8 Å². The van der Waals surface area contributed by atoms with Gasteiger partial charge < -0.3 is 4.74 Å². The van der Waals surface area contributed by atoms with Gasteiger partial charge in [0.05, 0.1) is 42.6 Å². The van der Waals surface area contributed by atoms with E-state index in [1.807, 2.05) is 11.8 Å². The van der Waals surface area contributed by atoms with Gasteiger partial charge in [-0.3, -0.25) is 9.97 Å². The van der Waals surface area contributed by atoms with Crippen LogP contribution in [0.4, 0.5) is 0 Å². The molecule has 0 amide bonds. The summed E-state index contributed by atoms with van der Waals surface area (Å²) in [7, 11) is 0. The predicted octanol–water partition coefficient (Wildman–Crippen LogP) is 11.3. The third-order valence-electron chi connectivity index (χ3n) is 8.79. The summed E-state index contributed by atoms with van der Waals surface area (Å²) in [5, 5.41) is 2.70. The Balaban J connectivity index is 0.000000529. The molecule has 2 aromatic heterocycles. The Morgan fingerprint density at radius 1 is 0.545 bits per heavy atom. The standard InChI is InChI=1S/C34H22Br2N2S.C4H8O/c35-29-27-25(19-11-3-1-4-12-19)21-15-7-9-17-23(21)37-31(27)34-30(36)28-26(20-13-5-2-6-14-20)22-16-8-10-18-24(22)38-32(28)33(29)39-34;1-2-4-5-3-1/h1-18,29-30,33-34H;1-4H2/t29-,30-,33-,34-;/m0./s1. The van der Waals surface area contributed by atoms with Crippen molar-refractivity contribution in [3.8, 4) is 22.3 Å². The number of thioether (sulfide) groups is 1. The first-order valence-corrected chi connectivity index (χ1v) is 18.0. The number of ether oxygens (including phenoxy) is 1. The molecule has 3 aliphatic rings. The summed E-state index contributed by atoms with van der Waals surface area (Å²) in [4.78, 5) is 10.9. The predicted molar refractivity (Wildman–Crippen MR) is 191 cm³/mol. The molecule has 0 N–H and O–H groups in total. The van der Waals surface area contributed by atoms with E-state index < -0.39 is 0 Å². The van der Waals surface area contributed by atoms with Crippen LogP contribution in [-0.2, 0) is 4.74 Å². The minimum atomic E-state index is 0.0668. The molecule has 9 rings (SSSR count). The fraction of sp³-hybridized carbons (Fsp3) is 0.211. The van der Waals surface area contributed by atoms with E-state index in [0.717, 1.165) is 35.6 Å². The van der Waals surface area contributed by atoms with Gasteiger partial charge in [-0.1, -0.05) is 129 Å². The van der Waals surface area contributed by atoms with Crippen molar-refractivity contribution in [3.63, 3.8) is 0 Å². The Hall–Kier alpha value is -3.03. The van der Waals surface area contributed by atoms with Crippen LogP contribution in [0.5, 0.6) is 0 Å². The van der Waals surface area contributed by atoms with Crippen LogP contribution in [0.1, 0.15) is 55.5 Å². The average Bonchev–Trinajstić information content (AvgIpc) is 3.68. The summed E-state index contributed by atoms with van der Waals surface area (Å²) in [6, 6.07) is 38.7. The summed E-state index contributed by atoms with van der Waals surface area (Å²) in [6.45, 7) is 2.00. The van der Waals surface area contributed by atoms with Crippen LogP contribution < -0.4 is 0 Å². The number of fused-ring (bicyclic) bond motifs is 8. The highest BCUT2D eigenvalue weighted by Gasteiger charge is 2.48. The second-order valence-corrected chi connectivity index (χ2v) is 14.7. The van der Waals surface area contributed by atoms with Gasteiger partial charge in [0, 0.05) is 24.0 Å². The van der Waals surface area contributed by atoms with Gasteiger partial charge in [0.15, 0.2) is 0 Å². The number of hydrogen-bond donors (Lipinski definition) is 0. The van der Waals surface area contributed by atoms with E-state index in [2.05, 4.69) is 141 Å². The van der Waals surface area contributed by atoms with E-state index in [1.54, 1.807) is 0 Å². The third-order valence-corrected chi connectivity index (χ3v) is 13.0. The summed E-state index contributed by atoms with van der Waals surface area (Å²) in [5.41, 5.74) is 12.0. The van der Waals surface area contributed by atoms with E-state index >= 15 is 0 Å². The molecule has 4 atom stereocenters. The van der Waals surface area contributed by atoms with E-state index in [0.29, 0.717) is 0 Å². The smallest absolute Gasteiger partial charge is 0.0712 e. The van der Waals surface area contributed by atoms with E-state index in [9.17, 15) is 0 Å². The van der Waals surface area contributed by atoms with Crippen molar-refractivity contribution in [2.45, 2.75) is 33.0 Å². The monoisotopic (exact) mass is 720 g/mol. The molecule has 0 radical (unpaired) electrons. The van der Waals surface area contributed by atoms with Crippen LogP contribution in [0.3, 0.4) is 0 Å². The first kappa shape index (κ1) is 28.4. The van der Waals surface area contributed by atoms with Gasteiger partial charge in [-0.05, 0) is 58.4 Å². The van der Waals surface area contributed by atoms with Crippen LogP contribution in [0.15, 0.2) is 109 Å². The maximum atomic E-state index is 5.36. The fourth-order valence-corrected chi connectivity index (χ4v) is 10.5. The fourth-order valence-electron chi connectivity index (χ4n) is 6.83. The van der Waals surface area contributed by atoms with Crippen LogP contribution in [0.2, 0.25) is 0 Å². The van der Waals surface area contributed by atoms with Crippen molar-refractivity contribution in [2.75, 3.05) is 13.2 Å². The third kappa shape index (κ3) is 4.82. The number of pyridine rings is 2. The van der Waals surface area contributed by atoms with Crippen molar-refractivity contribution in [2.24, 2.45) is 0 Å². The Morgan fingerprint density at radius 3 is 1.36 bits per heavy atom. The number of rotatable bonds is 2. The molecule has 6 heteroatoms. The zero-order valence-corrected chi connectivity index (χ0v) is 28.0. The Morgan fingerprint density at radius 2 is 0.955 bits per heavy atom. The molecule has 4 aromatic carbocycles. The SMILES string of the molecule is Br[C@H]1c2c(nc3ccccc3c2-c2ccccc2)[C@H]2S[C@@H]1c1nc3ccccc3c(-c3ccccc3)c1[C@@H]2Br.C1CCOC1. The molecule has 0 aliphatic carbocycles. The molecule has 1 fully saturated rings. The normalized spacial score (nSPS) is 21.8. The molecule has 2 bridgehead atoms. The quantitative estimate of drug-likeness (QED) is 0.167. The van der Waals surface area contributed by atoms with Crippen LogP contribution >= 0.6 is 43.6 Å². The average molecular weight is 723 g/mol. The summed E-state index contributed by atoms with van der Waals surface area (Å²) >= 11 is 10.4. The number of halogens is 2. The molecule has 218 valence electrons. The van der Waals surface area contributed by atoms with Gasteiger partial charge in [-0.25, -0.2) is 0 Å². The van der Waals surface area contributed by atoms with Crippen LogP contribution in [-0.4, -0.2) is 23.2 Å². The zero-order valence-electron chi connectivity index (χ0n) is 24.0. The van der Waals surface area contributed by atoms with Gasteiger partial charge in [0.25, 0.3) is 0 Å². The Kier molecular flexibility index (Phi) is 7.79. The molecule has 0 unspecified atom stereocenters. The molecular formula is C38H30Br2N2OS. The lowest BCUT2D eigenvalue weighted by Crippen LogP contribution is -2.27. The number of aromatic nitrogens is 2.